The van der Waals surface area contributed by atoms with Gasteiger partial charge in [-0.05, 0) is 42.9 Å². The topological polar surface area (TPSA) is 68.5 Å². The molecule has 2 aromatic heterocycles. The van der Waals surface area contributed by atoms with E-state index in [1.54, 1.807) is 4.57 Å². The van der Waals surface area contributed by atoms with Crippen LogP contribution in [-0.2, 0) is 6.54 Å². The lowest BCUT2D eigenvalue weighted by Crippen LogP contribution is -2.22. The molecule has 0 atom stereocenters. The maximum Gasteiger partial charge on any atom is 0.269 e. The first-order valence-corrected chi connectivity index (χ1v) is 8.23. The van der Waals surface area contributed by atoms with Crippen molar-refractivity contribution in [2.75, 3.05) is 0 Å². The summed E-state index contributed by atoms with van der Waals surface area (Å²) in [5.74, 6) is 0.665. The van der Waals surface area contributed by atoms with Gasteiger partial charge in [0.15, 0.2) is 10.6 Å². The van der Waals surface area contributed by atoms with Gasteiger partial charge in [0.25, 0.3) is 5.56 Å². The summed E-state index contributed by atoms with van der Waals surface area (Å²) < 4.78 is 4.02. The molecule has 0 spiro atoms. The van der Waals surface area contributed by atoms with Crippen LogP contribution in [0, 0.1) is 11.7 Å². The minimum atomic E-state index is -0.177. The van der Waals surface area contributed by atoms with Crippen molar-refractivity contribution >= 4 is 23.3 Å². The number of para-hydroxylation sites is 3. The number of hydrogen-bond donors (Lipinski definition) is 1. The number of nitrogens with zero attached hydrogens (tertiary/aromatic N) is 4. The maximum absolute atomic E-state index is 12.4. The van der Waals surface area contributed by atoms with Crippen molar-refractivity contribution < 1.29 is 0 Å². The number of nitrogens with one attached hydrogen (secondary N) is 1. The number of hydrogen-bond acceptors (Lipinski definition) is 4. The van der Waals surface area contributed by atoms with E-state index in [1.807, 2.05) is 60.0 Å². The highest BCUT2D eigenvalue weighted by atomic mass is 32.1. The average Bonchev–Trinajstić information content (AvgIpc) is 2.98. The van der Waals surface area contributed by atoms with Crippen LogP contribution in [-0.4, -0.2) is 24.3 Å². The van der Waals surface area contributed by atoms with Gasteiger partial charge < -0.3 is 0 Å². The summed E-state index contributed by atoms with van der Waals surface area (Å²) in [5.41, 5.74) is 3.37. The first-order chi connectivity index (χ1) is 12.1. The minimum absolute atomic E-state index is 0.177. The number of aromatic nitrogens is 5. The first kappa shape index (κ1) is 15.5. The Balaban J connectivity index is 1.90. The van der Waals surface area contributed by atoms with Gasteiger partial charge in [-0.15, -0.1) is 0 Å². The van der Waals surface area contributed by atoms with E-state index in [0.717, 1.165) is 22.3 Å². The molecule has 2 aromatic carbocycles. The van der Waals surface area contributed by atoms with Crippen LogP contribution in [0.1, 0.15) is 11.4 Å². The van der Waals surface area contributed by atoms with Crippen LogP contribution in [0.15, 0.2) is 59.5 Å². The molecule has 6 nitrogen and oxygen atoms in total. The number of aromatic amines is 1. The highest BCUT2D eigenvalue weighted by molar-refractivity contribution is 7.71. The molecule has 0 radical (unpaired) electrons. The fourth-order valence-electron chi connectivity index (χ4n) is 2.92. The molecule has 0 aliphatic carbocycles. The van der Waals surface area contributed by atoms with Crippen LogP contribution in [0.2, 0.25) is 0 Å². The molecule has 0 saturated carbocycles. The van der Waals surface area contributed by atoms with E-state index in [2.05, 4.69) is 15.2 Å². The summed E-state index contributed by atoms with van der Waals surface area (Å²) in [6.07, 6.45) is 1.34. The standard InChI is InChI=1S/C18H15N5OS/c1-12-6-2-4-8-14(12)23-16(20-21-18(23)25)11-22-15-9-5-3-7-13(15)19-10-17(22)24/h2-10H,11H2,1H3,(H,21,25). The van der Waals surface area contributed by atoms with Crippen LogP contribution in [0.5, 0.6) is 0 Å². The second kappa shape index (κ2) is 6.10. The van der Waals surface area contributed by atoms with E-state index >= 15 is 0 Å². The van der Waals surface area contributed by atoms with Crippen molar-refractivity contribution in [1.29, 1.82) is 0 Å². The molecule has 0 unspecified atom stereocenters. The third kappa shape index (κ3) is 2.68. The maximum atomic E-state index is 12.4. The normalized spacial score (nSPS) is 11.1. The van der Waals surface area contributed by atoms with E-state index in [1.165, 1.54) is 6.20 Å². The lowest BCUT2D eigenvalue weighted by molar-refractivity contribution is 0.717. The summed E-state index contributed by atoms with van der Waals surface area (Å²) in [4.78, 5) is 16.6. The van der Waals surface area contributed by atoms with Crippen molar-refractivity contribution in [3.63, 3.8) is 0 Å². The Labute approximate surface area is 148 Å². The van der Waals surface area contributed by atoms with Gasteiger partial charge >= 0.3 is 0 Å². The quantitative estimate of drug-likeness (QED) is 0.577. The molecule has 1 N–H and O–H groups in total. The van der Waals surface area contributed by atoms with Crippen molar-refractivity contribution in [1.82, 2.24) is 24.3 Å². The van der Waals surface area contributed by atoms with Gasteiger partial charge in [-0.2, -0.15) is 5.10 Å². The summed E-state index contributed by atoms with van der Waals surface area (Å²) in [7, 11) is 0. The van der Waals surface area contributed by atoms with Gasteiger partial charge in [-0.25, -0.2) is 4.98 Å². The largest absolute Gasteiger partial charge is 0.298 e. The highest BCUT2D eigenvalue weighted by Gasteiger charge is 2.13. The lowest BCUT2D eigenvalue weighted by Gasteiger charge is -2.12. The van der Waals surface area contributed by atoms with Crippen molar-refractivity contribution in [2.24, 2.45) is 0 Å². The highest BCUT2D eigenvalue weighted by Crippen LogP contribution is 2.17. The molecule has 0 amide bonds. The van der Waals surface area contributed by atoms with Gasteiger partial charge in [0.05, 0.1) is 29.5 Å². The average molecular weight is 349 g/mol. The van der Waals surface area contributed by atoms with E-state index in [0.29, 0.717) is 17.1 Å². The zero-order chi connectivity index (χ0) is 17.4. The van der Waals surface area contributed by atoms with Crippen LogP contribution in [0.4, 0.5) is 0 Å². The van der Waals surface area contributed by atoms with Crippen molar-refractivity contribution in [3.8, 4) is 5.69 Å². The number of benzene rings is 2. The fourth-order valence-corrected chi connectivity index (χ4v) is 3.17. The van der Waals surface area contributed by atoms with E-state index < -0.39 is 0 Å². The number of fused-ring (bicyclic) bond motifs is 1. The molecule has 0 saturated heterocycles. The first-order valence-electron chi connectivity index (χ1n) is 7.82. The zero-order valence-electron chi connectivity index (χ0n) is 13.5. The summed E-state index contributed by atoms with van der Waals surface area (Å²) in [5, 5.41) is 7.18. The third-order valence-electron chi connectivity index (χ3n) is 4.15. The monoisotopic (exact) mass is 349 g/mol. The van der Waals surface area contributed by atoms with Gasteiger partial charge in [-0.1, -0.05) is 30.3 Å². The lowest BCUT2D eigenvalue weighted by atomic mass is 10.2. The Kier molecular flexibility index (Phi) is 3.77. The van der Waals surface area contributed by atoms with Crippen LogP contribution >= 0.6 is 12.2 Å². The Morgan fingerprint density at radius 3 is 2.72 bits per heavy atom. The molecular weight excluding hydrogens is 334 g/mol. The molecule has 4 aromatic rings. The SMILES string of the molecule is Cc1ccccc1-n1c(Cn2c(=O)cnc3ccccc32)n[nH]c1=S. The van der Waals surface area contributed by atoms with Crippen LogP contribution in [0.25, 0.3) is 16.7 Å². The Morgan fingerprint density at radius 1 is 1.12 bits per heavy atom. The van der Waals surface area contributed by atoms with Gasteiger partial charge in [0.2, 0.25) is 0 Å². The minimum Gasteiger partial charge on any atom is -0.298 e. The van der Waals surface area contributed by atoms with E-state index in [9.17, 15) is 4.79 Å². The number of aryl methyl sites for hydroxylation is 1. The summed E-state index contributed by atoms with van der Waals surface area (Å²) in [6, 6.07) is 15.5. The van der Waals surface area contributed by atoms with Crippen LogP contribution in [0.3, 0.4) is 0 Å². The summed E-state index contributed by atoms with van der Waals surface area (Å²) >= 11 is 5.40. The molecule has 0 fully saturated rings. The van der Waals surface area contributed by atoms with E-state index in [4.69, 9.17) is 12.2 Å². The Hall–Kier alpha value is -3.06. The summed E-state index contributed by atoms with van der Waals surface area (Å²) in [6.45, 7) is 2.31. The molecule has 4 rings (SSSR count). The molecule has 0 aliphatic heterocycles. The molecule has 0 aliphatic rings. The molecule has 0 bridgehead atoms. The second-order valence-electron chi connectivity index (χ2n) is 5.74. The molecular formula is C18H15N5OS. The van der Waals surface area contributed by atoms with Gasteiger partial charge in [0, 0.05) is 0 Å². The van der Waals surface area contributed by atoms with Crippen molar-refractivity contribution in [2.45, 2.75) is 13.5 Å². The third-order valence-corrected chi connectivity index (χ3v) is 4.42. The Bertz CT molecular complexity index is 1190. The number of H-pyrrole nitrogens is 1. The predicted octanol–water partition coefficient (Wildman–Crippen LogP) is 3.00. The van der Waals surface area contributed by atoms with E-state index in [-0.39, 0.29) is 5.56 Å². The molecule has 2 heterocycles. The molecule has 7 heteroatoms. The fraction of sp³-hybridized carbons (Fsp3) is 0.111. The molecule has 124 valence electrons. The smallest absolute Gasteiger partial charge is 0.269 e. The predicted molar refractivity (Wildman–Crippen MR) is 98.6 cm³/mol. The number of rotatable bonds is 3. The van der Waals surface area contributed by atoms with Gasteiger partial charge in [0.1, 0.15) is 0 Å². The Morgan fingerprint density at radius 2 is 1.88 bits per heavy atom. The van der Waals surface area contributed by atoms with Crippen LogP contribution < -0.4 is 5.56 Å². The molecule has 25 heavy (non-hydrogen) atoms. The van der Waals surface area contributed by atoms with Crippen molar-refractivity contribution in [3.05, 3.63) is 81.2 Å². The van der Waals surface area contributed by atoms with Gasteiger partial charge in [-0.3, -0.25) is 19.0 Å². The zero-order valence-corrected chi connectivity index (χ0v) is 14.3. The second-order valence-corrected chi connectivity index (χ2v) is 6.12.